The van der Waals surface area contributed by atoms with Crippen molar-refractivity contribution in [1.82, 2.24) is 10.2 Å². The SMILES string of the molecule is Nc1cc(C(=O)NCCN2CCOCC2)cc(C(F)(F)F)c1. The summed E-state index contributed by atoms with van der Waals surface area (Å²) in [4.78, 5) is 14.1. The van der Waals surface area contributed by atoms with Gasteiger partial charge in [-0.2, -0.15) is 13.2 Å². The molecule has 1 aromatic carbocycles. The summed E-state index contributed by atoms with van der Waals surface area (Å²) >= 11 is 0. The molecule has 1 aromatic rings. The molecular formula is C14H18F3N3O2. The van der Waals surface area contributed by atoms with Crippen LogP contribution < -0.4 is 11.1 Å². The Morgan fingerprint density at radius 3 is 2.59 bits per heavy atom. The van der Waals surface area contributed by atoms with Gasteiger partial charge in [0.2, 0.25) is 0 Å². The van der Waals surface area contributed by atoms with Crippen LogP contribution in [0.2, 0.25) is 0 Å². The van der Waals surface area contributed by atoms with Crippen molar-refractivity contribution >= 4 is 11.6 Å². The van der Waals surface area contributed by atoms with Gasteiger partial charge in [0.1, 0.15) is 0 Å². The van der Waals surface area contributed by atoms with Gasteiger partial charge in [0.05, 0.1) is 18.8 Å². The summed E-state index contributed by atoms with van der Waals surface area (Å²) in [7, 11) is 0. The van der Waals surface area contributed by atoms with Gasteiger partial charge < -0.3 is 15.8 Å². The van der Waals surface area contributed by atoms with Crippen LogP contribution in [0.3, 0.4) is 0 Å². The average molecular weight is 317 g/mol. The monoisotopic (exact) mass is 317 g/mol. The van der Waals surface area contributed by atoms with Gasteiger partial charge in [-0.3, -0.25) is 9.69 Å². The molecule has 1 saturated heterocycles. The van der Waals surface area contributed by atoms with Crippen LogP contribution in [0, 0.1) is 0 Å². The first-order valence-electron chi connectivity index (χ1n) is 6.92. The van der Waals surface area contributed by atoms with Crippen molar-refractivity contribution in [3.8, 4) is 0 Å². The Bertz CT molecular complexity index is 529. The van der Waals surface area contributed by atoms with E-state index in [9.17, 15) is 18.0 Å². The number of alkyl halides is 3. The molecule has 1 heterocycles. The normalized spacial score (nSPS) is 16.5. The molecule has 1 fully saturated rings. The molecule has 2 rings (SSSR count). The number of amides is 1. The zero-order valence-corrected chi connectivity index (χ0v) is 11.9. The lowest BCUT2D eigenvalue weighted by Gasteiger charge is -2.26. The van der Waals surface area contributed by atoms with Gasteiger partial charge in [0, 0.05) is 37.4 Å². The number of carbonyl (C=O) groups excluding carboxylic acids is 1. The van der Waals surface area contributed by atoms with Crippen molar-refractivity contribution in [3.05, 3.63) is 29.3 Å². The molecular weight excluding hydrogens is 299 g/mol. The number of rotatable bonds is 4. The van der Waals surface area contributed by atoms with Gasteiger partial charge in [0.15, 0.2) is 0 Å². The molecule has 0 aromatic heterocycles. The molecule has 0 bridgehead atoms. The summed E-state index contributed by atoms with van der Waals surface area (Å²) in [6.07, 6.45) is -4.53. The van der Waals surface area contributed by atoms with E-state index in [1.165, 1.54) is 6.07 Å². The lowest BCUT2D eigenvalue weighted by Crippen LogP contribution is -2.41. The topological polar surface area (TPSA) is 67.6 Å². The third-order valence-electron chi connectivity index (χ3n) is 3.36. The van der Waals surface area contributed by atoms with Crippen LogP contribution >= 0.6 is 0 Å². The van der Waals surface area contributed by atoms with Gasteiger partial charge in [-0.1, -0.05) is 0 Å². The number of hydrogen-bond acceptors (Lipinski definition) is 4. The van der Waals surface area contributed by atoms with Crippen LogP contribution in [-0.2, 0) is 10.9 Å². The van der Waals surface area contributed by atoms with Crippen molar-refractivity contribution in [3.63, 3.8) is 0 Å². The third-order valence-corrected chi connectivity index (χ3v) is 3.36. The number of morpholine rings is 1. The fraction of sp³-hybridized carbons (Fsp3) is 0.500. The minimum Gasteiger partial charge on any atom is -0.399 e. The first-order chi connectivity index (χ1) is 10.4. The summed E-state index contributed by atoms with van der Waals surface area (Å²) in [6.45, 7) is 3.85. The molecule has 1 amide bonds. The van der Waals surface area contributed by atoms with E-state index in [0.29, 0.717) is 26.3 Å². The zero-order valence-electron chi connectivity index (χ0n) is 11.9. The van der Waals surface area contributed by atoms with E-state index < -0.39 is 17.6 Å². The lowest BCUT2D eigenvalue weighted by atomic mass is 10.1. The molecule has 22 heavy (non-hydrogen) atoms. The van der Waals surface area contributed by atoms with E-state index in [-0.39, 0.29) is 11.3 Å². The van der Waals surface area contributed by atoms with E-state index in [4.69, 9.17) is 10.5 Å². The highest BCUT2D eigenvalue weighted by atomic mass is 19.4. The standard InChI is InChI=1S/C14H18F3N3O2/c15-14(16,17)11-7-10(8-12(18)9-11)13(21)19-1-2-20-3-5-22-6-4-20/h7-9H,1-6,18H2,(H,19,21). The van der Waals surface area contributed by atoms with Crippen molar-refractivity contribution in [2.75, 3.05) is 45.1 Å². The van der Waals surface area contributed by atoms with E-state index in [1.807, 2.05) is 0 Å². The fourth-order valence-corrected chi connectivity index (χ4v) is 2.20. The molecule has 0 atom stereocenters. The number of nitrogens with two attached hydrogens (primary N) is 1. The molecule has 5 nitrogen and oxygen atoms in total. The van der Waals surface area contributed by atoms with Gasteiger partial charge in [-0.25, -0.2) is 0 Å². The Morgan fingerprint density at radius 2 is 1.95 bits per heavy atom. The van der Waals surface area contributed by atoms with E-state index in [1.54, 1.807) is 0 Å². The first-order valence-corrected chi connectivity index (χ1v) is 6.92. The van der Waals surface area contributed by atoms with Gasteiger partial charge >= 0.3 is 6.18 Å². The van der Waals surface area contributed by atoms with Crippen LogP contribution in [0.1, 0.15) is 15.9 Å². The number of nitrogen functional groups attached to an aromatic ring is 1. The molecule has 0 spiro atoms. The minimum absolute atomic E-state index is 0.0886. The van der Waals surface area contributed by atoms with Crippen LogP contribution in [0.15, 0.2) is 18.2 Å². The number of hydrogen-bond donors (Lipinski definition) is 2. The summed E-state index contributed by atoms with van der Waals surface area (Å²) in [5.41, 5.74) is 4.33. The number of halogens is 3. The van der Waals surface area contributed by atoms with Gasteiger partial charge in [-0.05, 0) is 18.2 Å². The second-order valence-electron chi connectivity index (χ2n) is 5.05. The van der Waals surface area contributed by atoms with Gasteiger partial charge in [0.25, 0.3) is 5.91 Å². The molecule has 0 radical (unpaired) electrons. The Labute approximate surface area is 126 Å². The highest BCUT2D eigenvalue weighted by Crippen LogP contribution is 2.31. The van der Waals surface area contributed by atoms with Gasteiger partial charge in [-0.15, -0.1) is 0 Å². The van der Waals surface area contributed by atoms with Crippen LogP contribution in [-0.4, -0.2) is 50.2 Å². The maximum Gasteiger partial charge on any atom is 0.416 e. The summed E-state index contributed by atoms with van der Waals surface area (Å²) in [5, 5.41) is 2.61. The lowest BCUT2D eigenvalue weighted by molar-refractivity contribution is -0.137. The summed E-state index contributed by atoms with van der Waals surface area (Å²) in [5.74, 6) is -0.564. The molecule has 0 saturated carbocycles. The molecule has 3 N–H and O–H groups in total. The highest BCUT2D eigenvalue weighted by Gasteiger charge is 2.31. The molecule has 0 aliphatic carbocycles. The second kappa shape index (κ2) is 6.97. The Hall–Kier alpha value is -1.80. The van der Waals surface area contributed by atoms with Crippen molar-refractivity contribution in [2.45, 2.75) is 6.18 Å². The summed E-state index contributed by atoms with van der Waals surface area (Å²) in [6, 6.07) is 2.85. The smallest absolute Gasteiger partial charge is 0.399 e. The number of ether oxygens (including phenoxy) is 1. The third kappa shape index (κ3) is 4.60. The number of anilines is 1. The fourth-order valence-electron chi connectivity index (χ4n) is 2.20. The number of nitrogens with one attached hydrogen (secondary N) is 1. The Kier molecular flexibility index (Phi) is 5.25. The molecule has 8 heteroatoms. The highest BCUT2D eigenvalue weighted by molar-refractivity contribution is 5.95. The van der Waals surface area contributed by atoms with Crippen molar-refractivity contribution in [1.29, 1.82) is 0 Å². The van der Waals surface area contributed by atoms with E-state index in [2.05, 4.69) is 10.2 Å². The predicted octanol–water partition coefficient (Wildman–Crippen LogP) is 1.35. The van der Waals surface area contributed by atoms with Crippen molar-refractivity contribution in [2.24, 2.45) is 0 Å². The summed E-state index contributed by atoms with van der Waals surface area (Å²) < 4.78 is 43.3. The predicted molar refractivity (Wildman–Crippen MR) is 75.4 cm³/mol. The zero-order chi connectivity index (χ0) is 16.2. The largest absolute Gasteiger partial charge is 0.416 e. The number of carbonyl (C=O) groups is 1. The number of benzene rings is 1. The molecule has 122 valence electrons. The second-order valence-corrected chi connectivity index (χ2v) is 5.05. The first kappa shape index (κ1) is 16.6. The molecule has 1 aliphatic rings. The minimum atomic E-state index is -4.53. The van der Waals surface area contributed by atoms with Crippen molar-refractivity contribution < 1.29 is 22.7 Å². The Morgan fingerprint density at radius 1 is 1.27 bits per heavy atom. The van der Waals surface area contributed by atoms with E-state index >= 15 is 0 Å². The quantitative estimate of drug-likeness (QED) is 0.823. The average Bonchev–Trinajstić information content (AvgIpc) is 2.46. The molecule has 0 unspecified atom stereocenters. The number of nitrogens with zero attached hydrogens (tertiary/aromatic N) is 1. The van der Waals surface area contributed by atoms with Crippen LogP contribution in [0.5, 0.6) is 0 Å². The maximum atomic E-state index is 12.7. The van der Waals surface area contributed by atoms with E-state index in [0.717, 1.165) is 25.2 Å². The maximum absolute atomic E-state index is 12.7. The van der Waals surface area contributed by atoms with Crippen LogP contribution in [0.25, 0.3) is 0 Å². The molecule has 1 aliphatic heterocycles. The van der Waals surface area contributed by atoms with Crippen LogP contribution in [0.4, 0.5) is 18.9 Å². The Balaban J connectivity index is 1.93.